The minimum Gasteiger partial charge on any atom is -0.478 e. The molecule has 23 heavy (non-hydrogen) atoms. The van der Waals surface area contributed by atoms with Gasteiger partial charge in [-0.05, 0) is 36.8 Å². The van der Waals surface area contributed by atoms with E-state index in [9.17, 15) is 22.4 Å². The van der Waals surface area contributed by atoms with Gasteiger partial charge in [0.2, 0.25) is 0 Å². The molecule has 3 nitrogen and oxygen atoms in total. The van der Waals surface area contributed by atoms with Crippen LogP contribution >= 0.6 is 0 Å². The number of carboxylic acid groups (broad SMARTS) is 1. The van der Waals surface area contributed by atoms with E-state index in [1.165, 1.54) is 18.2 Å². The Bertz CT molecular complexity index is 757. The Balaban J connectivity index is 2.44. The van der Waals surface area contributed by atoms with Crippen molar-refractivity contribution in [3.8, 4) is 11.3 Å². The summed E-state index contributed by atoms with van der Waals surface area (Å²) in [5.74, 6) is -2.19. The van der Waals surface area contributed by atoms with Gasteiger partial charge in [0, 0.05) is 17.2 Å². The Morgan fingerprint density at radius 2 is 1.96 bits per heavy atom. The fourth-order valence-electron chi connectivity index (χ4n) is 2.06. The van der Waals surface area contributed by atoms with Crippen LogP contribution in [-0.2, 0) is 11.0 Å². The lowest BCUT2D eigenvalue weighted by molar-refractivity contribution is -0.140. The number of furan rings is 1. The molecule has 2 aromatic rings. The van der Waals surface area contributed by atoms with Crippen molar-refractivity contribution in [1.82, 2.24) is 0 Å². The molecule has 122 valence electrons. The first-order valence-corrected chi connectivity index (χ1v) is 6.63. The number of carbonyl (C=O) groups is 1. The zero-order valence-electron chi connectivity index (χ0n) is 11.9. The second-order valence-electron chi connectivity index (χ2n) is 4.72. The van der Waals surface area contributed by atoms with Gasteiger partial charge in [-0.1, -0.05) is 6.92 Å². The molecular weight excluding hydrogens is 316 g/mol. The van der Waals surface area contributed by atoms with Gasteiger partial charge < -0.3 is 9.52 Å². The first kappa shape index (κ1) is 16.8. The van der Waals surface area contributed by atoms with Crippen LogP contribution in [0.5, 0.6) is 0 Å². The number of benzene rings is 1. The SMILES string of the molecule is CC/C(=C\C(=O)O)c1ccc(-c2ccc(F)c(C(F)(F)F)c2)o1. The van der Waals surface area contributed by atoms with Crippen LogP contribution in [0.4, 0.5) is 17.6 Å². The smallest absolute Gasteiger partial charge is 0.419 e. The van der Waals surface area contributed by atoms with Crippen LogP contribution in [0.15, 0.2) is 40.8 Å². The summed E-state index contributed by atoms with van der Waals surface area (Å²) < 4.78 is 56.9. The highest BCUT2D eigenvalue weighted by Crippen LogP contribution is 2.35. The molecule has 7 heteroatoms. The van der Waals surface area contributed by atoms with Gasteiger partial charge in [-0.25, -0.2) is 9.18 Å². The maximum atomic E-state index is 13.3. The summed E-state index contributed by atoms with van der Waals surface area (Å²) in [7, 11) is 0. The van der Waals surface area contributed by atoms with Crippen LogP contribution in [0.2, 0.25) is 0 Å². The van der Waals surface area contributed by atoms with Crippen molar-refractivity contribution in [3.63, 3.8) is 0 Å². The molecule has 0 saturated heterocycles. The van der Waals surface area contributed by atoms with E-state index in [0.717, 1.165) is 6.08 Å². The van der Waals surface area contributed by atoms with E-state index < -0.39 is 23.5 Å². The topological polar surface area (TPSA) is 50.4 Å². The van der Waals surface area contributed by atoms with Gasteiger partial charge >= 0.3 is 12.1 Å². The molecule has 0 saturated carbocycles. The first-order chi connectivity index (χ1) is 10.7. The molecule has 0 radical (unpaired) electrons. The maximum absolute atomic E-state index is 13.3. The van der Waals surface area contributed by atoms with Gasteiger partial charge in [0.15, 0.2) is 0 Å². The van der Waals surface area contributed by atoms with Crippen molar-refractivity contribution >= 4 is 11.5 Å². The predicted molar refractivity (Wildman–Crippen MR) is 75.0 cm³/mol. The van der Waals surface area contributed by atoms with Crippen LogP contribution in [-0.4, -0.2) is 11.1 Å². The maximum Gasteiger partial charge on any atom is 0.419 e. The van der Waals surface area contributed by atoms with Gasteiger partial charge in [-0.3, -0.25) is 0 Å². The van der Waals surface area contributed by atoms with Crippen molar-refractivity contribution in [2.45, 2.75) is 19.5 Å². The lowest BCUT2D eigenvalue weighted by Crippen LogP contribution is -2.08. The van der Waals surface area contributed by atoms with Gasteiger partial charge in [0.1, 0.15) is 17.3 Å². The molecule has 0 bridgehead atoms. The summed E-state index contributed by atoms with van der Waals surface area (Å²) in [5.41, 5.74) is -0.942. The molecule has 1 aromatic heterocycles. The Kier molecular flexibility index (Phi) is 4.58. The van der Waals surface area contributed by atoms with Gasteiger partial charge in [0.25, 0.3) is 0 Å². The zero-order valence-corrected chi connectivity index (χ0v) is 11.9. The Morgan fingerprint density at radius 1 is 1.26 bits per heavy atom. The van der Waals surface area contributed by atoms with E-state index >= 15 is 0 Å². The van der Waals surface area contributed by atoms with Crippen molar-refractivity contribution < 1.29 is 31.9 Å². The number of hydrogen-bond acceptors (Lipinski definition) is 2. The second-order valence-corrected chi connectivity index (χ2v) is 4.72. The van der Waals surface area contributed by atoms with E-state index in [2.05, 4.69) is 0 Å². The number of carboxylic acids is 1. The lowest BCUT2D eigenvalue weighted by Gasteiger charge is -2.09. The summed E-state index contributed by atoms with van der Waals surface area (Å²) in [6.07, 6.45) is -3.47. The minimum atomic E-state index is -4.81. The van der Waals surface area contributed by atoms with Crippen molar-refractivity contribution in [2.24, 2.45) is 0 Å². The molecule has 0 unspecified atom stereocenters. The van der Waals surface area contributed by atoms with Crippen molar-refractivity contribution in [1.29, 1.82) is 0 Å². The Labute approximate surface area is 128 Å². The van der Waals surface area contributed by atoms with Crippen molar-refractivity contribution in [3.05, 3.63) is 53.5 Å². The van der Waals surface area contributed by atoms with Crippen molar-refractivity contribution in [2.75, 3.05) is 0 Å². The van der Waals surface area contributed by atoms with E-state index in [1.807, 2.05) is 0 Å². The molecule has 2 rings (SSSR count). The first-order valence-electron chi connectivity index (χ1n) is 6.63. The average Bonchev–Trinajstić information content (AvgIpc) is 2.93. The Morgan fingerprint density at radius 3 is 2.52 bits per heavy atom. The number of allylic oxidation sites excluding steroid dienone is 1. The molecule has 0 aliphatic heterocycles. The van der Waals surface area contributed by atoms with Crippen LogP contribution in [0.3, 0.4) is 0 Å². The van der Waals surface area contributed by atoms with Crippen LogP contribution in [0.25, 0.3) is 16.9 Å². The van der Waals surface area contributed by atoms with Gasteiger partial charge in [-0.2, -0.15) is 13.2 Å². The van der Waals surface area contributed by atoms with E-state index in [1.54, 1.807) is 6.92 Å². The predicted octanol–water partition coefficient (Wildman–Crippen LogP) is 4.98. The van der Waals surface area contributed by atoms with Gasteiger partial charge in [0.05, 0.1) is 5.56 Å². The number of alkyl halides is 3. The Hall–Kier alpha value is -2.57. The normalized spacial score (nSPS) is 12.5. The van der Waals surface area contributed by atoms with Gasteiger partial charge in [-0.15, -0.1) is 0 Å². The third-order valence-corrected chi connectivity index (χ3v) is 3.16. The number of hydrogen-bond donors (Lipinski definition) is 1. The molecular formula is C16H12F4O3. The van der Waals surface area contributed by atoms with E-state index in [-0.39, 0.29) is 17.1 Å². The summed E-state index contributed by atoms with van der Waals surface area (Å²) in [6, 6.07) is 5.41. The summed E-state index contributed by atoms with van der Waals surface area (Å²) >= 11 is 0. The quantitative estimate of drug-likeness (QED) is 0.636. The van der Waals surface area contributed by atoms with Crippen LogP contribution in [0.1, 0.15) is 24.7 Å². The highest BCUT2D eigenvalue weighted by molar-refractivity contribution is 5.89. The van der Waals surface area contributed by atoms with Crippen LogP contribution < -0.4 is 0 Å². The molecule has 1 aromatic carbocycles. The molecule has 0 amide bonds. The fourth-order valence-corrected chi connectivity index (χ4v) is 2.06. The van der Waals surface area contributed by atoms with E-state index in [4.69, 9.17) is 9.52 Å². The highest BCUT2D eigenvalue weighted by Gasteiger charge is 2.34. The fraction of sp³-hybridized carbons (Fsp3) is 0.188. The summed E-state index contributed by atoms with van der Waals surface area (Å²) in [4.78, 5) is 10.7. The summed E-state index contributed by atoms with van der Waals surface area (Å²) in [6.45, 7) is 1.72. The largest absolute Gasteiger partial charge is 0.478 e. The molecule has 0 atom stereocenters. The number of aliphatic carboxylic acids is 1. The molecule has 0 fully saturated rings. The standard InChI is InChI=1S/C16H12F4O3/c1-2-9(8-15(21)22)13-5-6-14(23-13)10-3-4-12(17)11(7-10)16(18,19)20/h3-8H,2H2,1H3,(H,21,22)/b9-8+. The molecule has 0 aliphatic rings. The molecule has 1 heterocycles. The second kappa shape index (κ2) is 6.28. The minimum absolute atomic E-state index is 0.0516. The third-order valence-electron chi connectivity index (χ3n) is 3.16. The monoisotopic (exact) mass is 328 g/mol. The lowest BCUT2D eigenvalue weighted by atomic mass is 10.1. The molecule has 0 spiro atoms. The number of rotatable bonds is 4. The molecule has 1 N–H and O–H groups in total. The van der Waals surface area contributed by atoms with E-state index in [0.29, 0.717) is 24.1 Å². The van der Waals surface area contributed by atoms with Crippen LogP contribution in [0, 0.1) is 5.82 Å². The molecule has 0 aliphatic carbocycles. The highest BCUT2D eigenvalue weighted by atomic mass is 19.4. The number of halogens is 4. The summed E-state index contributed by atoms with van der Waals surface area (Å²) in [5, 5.41) is 8.77. The third kappa shape index (κ3) is 3.80. The average molecular weight is 328 g/mol. The zero-order chi connectivity index (χ0) is 17.2.